The molecule has 0 aromatic rings. The maximum atomic E-state index is 5.78. The zero-order chi connectivity index (χ0) is 9.45. The monoisotopic (exact) mass is 190 g/mol. The Labute approximate surface area is 76.6 Å². The van der Waals surface area contributed by atoms with Gasteiger partial charge in [-0.25, -0.2) is 0 Å². The van der Waals surface area contributed by atoms with Crippen molar-refractivity contribution in [2.45, 2.75) is 32.0 Å². The highest BCUT2D eigenvalue weighted by Crippen LogP contribution is 2.12. The smallest absolute Gasteiger partial charge is 0.186 e. The van der Waals surface area contributed by atoms with Crippen molar-refractivity contribution in [2.75, 3.05) is 19.7 Å². The zero-order valence-electron chi connectivity index (χ0n) is 8.31. The van der Waals surface area contributed by atoms with Crippen molar-refractivity contribution in [3.8, 4) is 0 Å². The molecule has 0 rings (SSSR count). The fourth-order valence-electron chi connectivity index (χ4n) is 1.03. The Kier molecular flexibility index (Phi) is 6.65. The van der Waals surface area contributed by atoms with Gasteiger partial charge in [-0.1, -0.05) is 0 Å². The van der Waals surface area contributed by atoms with Gasteiger partial charge in [0.15, 0.2) is 8.32 Å². The van der Waals surface area contributed by atoms with E-state index < -0.39 is 8.32 Å². The molecule has 0 heterocycles. The minimum Gasteiger partial charge on any atom is -0.417 e. The van der Waals surface area contributed by atoms with Crippen LogP contribution in [0.4, 0.5) is 0 Å². The third kappa shape index (κ3) is 6.79. The summed E-state index contributed by atoms with van der Waals surface area (Å²) < 4.78 is 5.78. The van der Waals surface area contributed by atoms with Crippen LogP contribution in [-0.2, 0) is 4.43 Å². The van der Waals surface area contributed by atoms with Crippen LogP contribution in [0.2, 0.25) is 19.1 Å². The van der Waals surface area contributed by atoms with Gasteiger partial charge in [0, 0.05) is 6.61 Å². The van der Waals surface area contributed by atoms with Gasteiger partial charge in [0.2, 0.25) is 0 Å². The fourth-order valence-corrected chi connectivity index (χ4v) is 2.93. The highest BCUT2D eigenvalue weighted by Gasteiger charge is 2.20. The standard InChI is InChI=1S/C8H22N2OSi/c1-12(2,8-4-6-10)11-7-3-5-9/h3-10H2,1-2H3. The van der Waals surface area contributed by atoms with Crippen LogP contribution in [0.15, 0.2) is 0 Å². The molecule has 4 N–H and O–H groups in total. The van der Waals surface area contributed by atoms with Crippen LogP contribution in [0.3, 0.4) is 0 Å². The van der Waals surface area contributed by atoms with Gasteiger partial charge in [0.05, 0.1) is 0 Å². The van der Waals surface area contributed by atoms with Gasteiger partial charge in [-0.15, -0.1) is 0 Å². The number of nitrogens with two attached hydrogens (primary N) is 2. The lowest BCUT2D eigenvalue weighted by Gasteiger charge is -2.22. The number of rotatable bonds is 7. The van der Waals surface area contributed by atoms with Gasteiger partial charge in [-0.05, 0) is 45.1 Å². The number of hydrogen-bond donors (Lipinski definition) is 2. The van der Waals surface area contributed by atoms with Crippen molar-refractivity contribution in [3.63, 3.8) is 0 Å². The van der Waals surface area contributed by atoms with E-state index in [1.165, 1.54) is 0 Å². The predicted molar refractivity (Wildman–Crippen MR) is 55.6 cm³/mol. The third-order valence-corrected chi connectivity index (χ3v) is 4.37. The Morgan fingerprint density at radius 2 is 1.67 bits per heavy atom. The second-order valence-corrected chi connectivity index (χ2v) is 7.95. The largest absolute Gasteiger partial charge is 0.417 e. The van der Waals surface area contributed by atoms with Gasteiger partial charge >= 0.3 is 0 Å². The van der Waals surface area contributed by atoms with Crippen LogP contribution in [0.1, 0.15) is 12.8 Å². The molecule has 0 saturated heterocycles. The summed E-state index contributed by atoms with van der Waals surface area (Å²) in [6, 6.07) is 1.16. The van der Waals surface area contributed by atoms with Crippen LogP contribution in [0.25, 0.3) is 0 Å². The molecular formula is C8H22N2OSi. The molecule has 74 valence electrons. The molecule has 0 aromatic heterocycles. The zero-order valence-corrected chi connectivity index (χ0v) is 9.31. The van der Waals surface area contributed by atoms with E-state index in [0.717, 1.165) is 38.6 Å². The highest BCUT2D eigenvalue weighted by molar-refractivity contribution is 6.71. The molecule has 0 aliphatic heterocycles. The lowest BCUT2D eigenvalue weighted by molar-refractivity contribution is 0.302. The molecule has 0 spiro atoms. The summed E-state index contributed by atoms with van der Waals surface area (Å²) in [5.74, 6) is 0. The van der Waals surface area contributed by atoms with Crippen LogP contribution in [0.5, 0.6) is 0 Å². The van der Waals surface area contributed by atoms with Gasteiger partial charge in [0.1, 0.15) is 0 Å². The molecule has 0 amide bonds. The van der Waals surface area contributed by atoms with Crippen molar-refractivity contribution in [1.82, 2.24) is 0 Å². The Morgan fingerprint density at radius 3 is 2.17 bits per heavy atom. The van der Waals surface area contributed by atoms with Crippen molar-refractivity contribution in [3.05, 3.63) is 0 Å². The molecule has 0 aliphatic rings. The first-order chi connectivity index (χ1) is 5.62. The summed E-state index contributed by atoms with van der Waals surface area (Å²) in [7, 11) is -1.40. The Bertz CT molecular complexity index is 109. The molecular weight excluding hydrogens is 168 g/mol. The Balaban J connectivity index is 3.42. The van der Waals surface area contributed by atoms with E-state index in [-0.39, 0.29) is 0 Å². The highest BCUT2D eigenvalue weighted by atomic mass is 28.4. The summed E-state index contributed by atoms with van der Waals surface area (Å²) in [4.78, 5) is 0. The third-order valence-electron chi connectivity index (χ3n) is 1.82. The summed E-state index contributed by atoms with van der Waals surface area (Å²) >= 11 is 0. The van der Waals surface area contributed by atoms with E-state index in [4.69, 9.17) is 15.9 Å². The summed E-state index contributed by atoms with van der Waals surface area (Å²) in [5, 5.41) is 0. The second kappa shape index (κ2) is 6.60. The van der Waals surface area contributed by atoms with E-state index in [1.807, 2.05) is 0 Å². The van der Waals surface area contributed by atoms with Crippen molar-refractivity contribution in [2.24, 2.45) is 11.5 Å². The van der Waals surface area contributed by atoms with E-state index >= 15 is 0 Å². The SMILES string of the molecule is C[Si](C)(CCCN)OCCCN. The van der Waals surface area contributed by atoms with Crippen molar-refractivity contribution in [1.29, 1.82) is 0 Å². The first-order valence-electron chi connectivity index (χ1n) is 4.66. The Hall–Kier alpha value is 0.0969. The molecule has 0 radical (unpaired) electrons. The first kappa shape index (κ1) is 12.1. The fraction of sp³-hybridized carbons (Fsp3) is 1.00. The molecule has 0 atom stereocenters. The van der Waals surface area contributed by atoms with E-state index in [1.54, 1.807) is 0 Å². The van der Waals surface area contributed by atoms with Crippen LogP contribution >= 0.6 is 0 Å². The van der Waals surface area contributed by atoms with E-state index in [0.29, 0.717) is 0 Å². The van der Waals surface area contributed by atoms with Gasteiger partial charge in [0.25, 0.3) is 0 Å². The second-order valence-electron chi connectivity index (χ2n) is 3.64. The quantitative estimate of drug-likeness (QED) is 0.463. The van der Waals surface area contributed by atoms with Crippen molar-refractivity contribution >= 4 is 8.32 Å². The van der Waals surface area contributed by atoms with E-state index in [2.05, 4.69) is 13.1 Å². The summed E-state index contributed by atoms with van der Waals surface area (Å²) in [5.41, 5.74) is 10.8. The minimum atomic E-state index is -1.40. The summed E-state index contributed by atoms with van der Waals surface area (Å²) in [6.45, 7) is 6.79. The molecule has 0 fully saturated rings. The minimum absolute atomic E-state index is 0.724. The average Bonchev–Trinajstić information content (AvgIpc) is 2.01. The van der Waals surface area contributed by atoms with Crippen molar-refractivity contribution < 1.29 is 4.43 Å². The first-order valence-corrected chi connectivity index (χ1v) is 7.78. The van der Waals surface area contributed by atoms with Crippen LogP contribution in [-0.4, -0.2) is 28.0 Å². The lowest BCUT2D eigenvalue weighted by atomic mass is 10.5. The molecule has 4 heteroatoms. The molecule has 0 bridgehead atoms. The van der Waals surface area contributed by atoms with Crippen LogP contribution in [0, 0.1) is 0 Å². The molecule has 0 saturated carbocycles. The topological polar surface area (TPSA) is 61.3 Å². The number of hydrogen-bond acceptors (Lipinski definition) is 3. The van der Waals surface area contributed by atoms with E-state index in [9.17, 15) is 0 Å². The molecule has 3 nitrogen and oxygen atoms in total. The molecule has 0 unspecified atom stereocenters. The lowest BCUT2D eigenvalue weighted by Crippen LogP contribution is -2.31. The maximum Gasteiger partial charge on any atom is 0.186 e. The molecule has 0 aromatic carbocycles. The van der Waals surface area contributed by atoms with Crippen LogP contribution < -0.4 is 11.5 Å². The molecule has 12 heavy (non-hydrogen) atoms. The summed E-state index contributed by atoms with van der Waals surface area (Å²) in [6.07, 6.45) is 2.06. The molecule has 0 aliphatic carbocycles. The normalized spacial score (nSPS) is 12.0. The maximum absolute atomic E-state index is 5.78. The van der Waals surface area contributed by atoms with Gasteiger partial charge in [-0.3, -0.25) is 0 Å². The van der Waals surface area contributed by atoms with Gasteiger partial charge in [-0.2, -0.15) is 0 Å². The Morgan fingerprint density at radius 1 is 1.08 bits per heavy atom. The van der Waals surface area contributed by atoms with Gasteiger partial charge < -0.3 is 15.9 Å². The average molecular weight is 190 g/mol. The predicted octanol–water partition coefficient (Wildman–Crippen LogP) is 0.906.